The Balaban J connectivity index is 3.55. The van der Waals surface area contributed by atoms with E-state index in [1.807, 2.05) is 4.72 Å². The standard InChI is InChI=1S/C14H18BrF4NO2S/c1-13(2,3)23(22)20-14(12(18)19,11(17)7-21)9-6-8(15)4-5-10(9)16/h4-6,11-12,20-21H,7H2,1-3H3/t11-,14+,23?/m0/s1. The third-order valence-electron chi connectivity index (χ3n) is 3.19. The van der Waals surface area contributed by atoms with E-state index in [-0.39, 0.29) is 4.47 Å². The van der Waals surface area contributed by atoms with Gasteiger partial charge in [0, 0.05) is 21.4 Å². The Morgan fingerprint density at radius 3 is 2.30 bits per heavy atom. The van der Waals surface area contributed by atoms with Gasteiger partial charge in [0.2, 0.25) is 0 Å². The zero-order valence-corrected chi connectivity index (χ0v) is 15.1. The fraction of sp³-hybridized carbons (Fsp3) is 0.571. The Labute approximate surface area is 143 Å². The molecule has 0 aliphatic carbocycles. The minimum absolute atomic E-state index is 0.243. The van der Waals surface area contributed by atoms with Gasteiger partial charge in [0.05, 0.1) is 6.61 Å². The number of hydrogen-bond acceptors (Lipinski definition) is 3. The summed E-state index contributed by atoms with van der Waals surface area (Å²) in [6, 6.07) is 3.14. The highest BCUT2D eigenvalue weighted by Crippen LogP contribution is 2.38. The molecule has 0 aromatic heterocycles. The molecule has 0 spiro atoms. The molecule has 1 unspecified atom stereocenters. The van der Waals surface area contributed by atoms with Crippen molar-refractivity contribution in [2.45, 2.75) is 43.7 Å². The molecule has 2 N–H and O–H groups in total. The smallest absolute Gasteiger partial charge is 0.267 e. The van der Waals surface area contributed by atoms with E-state index in [9.17, 15) is 22.1 Å². The number of nitrogens with one attached hydrogen (secondary N) is 1. The lowest BCUT2D eigenvalue weighted by Crippen LogP contribution is -2.61. The number of hydrogen-bond donors (Lipinski definition) is 2. The van der Waals surface area contributed by atoms with Crippen LogP contribution in [0.15, 0.2) is 22.7 Å². The first-order valence-corrected chi connectivity index (χ1v) is 8.59. The first kappa shape index (κ1) is 20.7. The van der Waals surface area contributed by atoms with E-state index >= 15 is 0 Å². The van der Waals surface area contributed by atoms with Gasteiger partial charge in [-0.15, -0.1) is 4.72 Å². The SMILES string of the molecule is CC(C)(C)[S+]([O-])N[C@@](c1cc(Br)ccc1F)(C(F)F)[C@@H](F)CO. The maximum atomic E-state index is 14.3. The molecule has 1 rings (SSSR count). The minimum atomic E-state index is -3.46. The molecule has 0 aliphatic rings. The third kappa shape index (κ3) is 4.39. The molecular formula is C14H18BrF4NO2S. The number of benzene rings is 1. The van der Waals surface area contributed by atoms with Crippen LogP contribution in [0.2, 0.25) is 0 Å². The summed E-state index contributed by atoms with van der Waals surface area (Å²) in [4.78, 5) is 0. The van der Waals surface area contributed by atoms with Crippen molar-refractivity contribution in [3.05, 3.63) is 34.1 Å². The number of rotatable bonds is 6. The van der Waals surface area contributed by atoms with E-state index in [0.29, 0.717) is 0 Å². The molecule has 1 aromatic rings. The van der Waals surface area contributed by atoms with Gasteiger partial charge in [0.1, 0.15) is 10.6 Å². The molecule has 0 saturated heterocycles. The molecule has 3 atom stereocenters. The van der Waals surface area contributed by atoms with Crippen LogP contribution in [0.25, 0.3) is 0 Å². The molecule has 0 amide bonds. The van der Waals surface area contributed by atoms with Gasteiger partial charge in [-0.1, -0.05) is 15.9 Å². The van der Waals surface area contributed by atoms with Crippen LogP contribution in [0, 0.1) is 5.82 Å². The Kier molecular flexibility index (Phi) is 6.92. The van der Waals surface area contributed by atoms with E-state index in [1.54, 1.807) is 0 Å². The van der Waals surface area contributed by atoms with Gasteiger partial charge in [0.25, 0.3) is 6.43 Å². The normalized spacial score (nSPS) is 17.9. The van der Waals surface area contributed by atoms with Crippen LogP contribution in [-0.4, -0.2) is 33.6 Å². The largest absolute Gasteiger partial charge is 0.598 e. The molecule has 0 bridgehead atoms. The summed E-state index contributed by atoms with van der Waals surface area (Å²) in [5.41, 5.74) is -3.65. The average Bonchev–Trinajstić information content (AvgIpc) is 2.45. The second-order valence-electron chi connectivity index (χ2n) is 5.93. The lowest BCUT2D eigenvalue weighted by atomic mass is 9.86. The van der Waals surface area contributed by atoms with Gasteiger partial charge in [-0.3, -0.25) is 0 Å². The predicted octanol–water partition coefficient (Wildman–Crippen LogP) is 3.43. The Bertz CT molecular complexity index is 544. The Morgan fingerprint density at radius 1 is 1.30 bits per heavy atom. The molecule has 0 fully saturated rings. The number of alkyl halides is 3. The van der Waals surface area contributed by atoms with Crippen molar-refractivity contribution in [3.63, 3.8) is 0 Å². The summed E-state index contributed by atoms with van der Waals surface area (Å²) in [5.74, 6) is -1.09. The second kappa shape index (κ2) is 7.69. The summed E-state index contributed by atoms with van der Waals surface area (Å²) in [6.07, 6.45) is -6.03. The summed E-state index contributed by atoms with van der Waals surface area (Å²) in [5, 5.41) is 9.08. The van der Waals surface area contributed by atoms with Crippen molar-refractivity contribution in [1.29, 1.82) is 0 Å². The van der Waals surface area contributed by atoms with Crippen molar-refractivity contribution >= 4 is 27.3 Å². The van der Waals surface area contributed by atoms with Gasteiger partial charge in [-0.25, -0.2) is 17.6 Å². The van der Waals surface area contributed by atoms with Crippen LogP contribution in [0.3, 0.4) is 0 Å². The molecule has 0 radical (unpaired) electrons. The first-order chi connectivity index (χ1) is 10.5. The summed E-state index contributed by atoms with van der Waals surface area (Å²) < 4.78 is 69.6. The van der Waals surface area contributed by atoms with Crippen molar-refractivity contribution in [2.75, 3.05) is 6.61 Å². The fourth-order valence-electron chi connectivity index (χ4n) is 1.85. The topological polar surface area (TPSA) is 55.3 Å². The minimum Gasteiger partial charge on any atom is -0.598 e. The molecule has 3 nitrogen and oxygen atoms in total. The quantitative estimate of drug-likeness (QED) is 0.548. The first-order valence-electron chi connectivity index (χ1n) is 6.65. The lowest BCUT2D eigenvalue weighted by Gasteiger charge is -2.38. The van der Waals surface area contributed by atoms with Gasteiger partial charge in [-0.2, -0.15) is 0 Å². The van der Waals surface area contributed by atoms with Crippen molar-refractivity contribution < 1.29 is 27.2 Å². The highest BCUT2D eigenvalue weighted by Gasteiger charge is 2.55. The zero-order valence-electron chi connectivity index (χ0n) is 12.7. The molecular weight excluding hydrogens is 402 g/mol. The monoisotopic (exact) mass is 419 g/mol. The molecule has 1 aromatic carbocycles. The highest BCUT2D eigenvalue weighted by atomic mass is 79.9. The van der Waals surface area contributed by atoms with Crippen LogP contribution in [0.4, 0.5) is 17.6 Å². The molecule has 0 heterocycles. The van der Waals surface area contributed by atoms with Crippen molar-refractivity contribution in [3.8, 4) is 0 Å². The van der Waals surface area contributed by atoms with E-state index in [1.165, 1.54) is 26.8 Å². The second-order valence-corrected chi connectivity index (χ2v) is 8.81. The highest BCUT2D eigenvalue weighted by molar-refractivity contribution is 9.10. The average molecular weight is 420 g/mol. The third-order valence-corrected chi connectivity index (χ3v) is 5.32. The van der Waals surface area contributed by atoms with Crippen LogP contribution >= 0.6 is 15.9 Å². The van der Waals surface area contributed by atoms with E-state index in [2.05, 4.69) is 15.9 Å². The Hall–Kier alpha value is -0.350. The number of aliphatic hydroxyl groups is 1. The molecule has 9 heteroatoms. The Morgan fingerprint density at radius 2 is 1.87 bits per heavy atom. The summed E-state index contributed by atoms with van der Waals surface area (Å²) in [6.45, 7) is 3.20. The van der Waals surface area contributed by atoms with Crippen LogP contribution < -0.4 is 4.72 Å². The number of aliphatic hydroxyl groups excluding tert-OH is 1. The van der Waals surface area contributed by atoms with E-state index in [0.717, 1.165) is 12.1 Å². The lowest BCUT2D eigenvalue weighted by molar-refractivity contribution is -0.0304. The molecule has 0 saturated carbocycles. The number of halogens is 5. The summed E-state index contributed by atoms with van der Waals surface area (Å²) >= 11 is 0.887. The zero-order chi connectivity index (χ0) is 18.0. The van der Waals surface area contributed by atoms with Gasteiger partial charge < -0.3 is 9.66 Å². The van der Waals surface area contributed by atoms with Crippen LogP contribution in [0.5, 0.6) is 0 Å². The van der Waals surface area contributed by atoms with Crippen LogP contribution in [0.1, 0.15) is 26.3 Å². The van der Waals surface area contributed by atoms with Crippen molar-refractivity contribution in [2.24, 2.45) is 0 Å². The molecule has 0 aliphatic heterocycles. The van der Waals surface area contributed by atoms with E-state index in [4.69, 9.17) is 5.11 Å². The van der Waals surface area contributed by atoms with Gasteiger partial charge in [0.15, 0.2) is 11.7 Å². The van der Waals surface area contributed by atoms with Gasteiger partial charge in [-0.05, 0) is 39.0 Å². The fourth-order valence-corrected chi connectivity index (χ4v) is 3.15. The maximum absolute atomic E-state index is 14.3. The van der Waals surface area contributed by atoms with Crippen molar-refractivity contribution in [1.82, 2.24) is 4.72 Å². The van der Waals surface area contributed by atoms with E-state index < -0.39 is 52.2 Å². The van der Waals surface area contributed by atoms with Crippen LogP contribution in [-0.2, 0) is 16.9 Å². The predicted molar refractivity (Wildman–Crippen MR) is 84.8 cm³/mol. The molecule has 23 heavy (non-hydrogen) atoms. The van der Waals surface area contributed by atoms with Gasteiger partial charge >= 0.3 is 0 Å². The maximum Gasteiger partial charge on any atom is 0.267 e. The molecule has 132 valence electrons. The summed E-state index contributed by atoms with van der Waals surface area (Å²) in [7, 11) is 0.